The minimum absolute atomic E-state index is 0.201. The van der Waals surface area contributed by atoms with Crippen molar-refractivity contribution in [2.75, 3.05) is 11.9 Å². The van der Waals surface area contributed by atoms with Gasteiger partial charge in [0, 0.05) is 23.6 Å². The van der Waals surface area contributed by atoms with Crippen LogP contribution in [0.15, 0.2) is 48.5 Å². The van der Waals surface area contributed by atoms with Gasteiger partial charge in [-0.25, -0.2) is 4.79 Å². The van der Waals surface area contributed by atoms with Gasteiger partial charge in [0.15, 0.2) is 12.4 Å². The SMILES string of the molecule is Cc1ccc(C(=O)COC(=O)c2ccc(NC(=O)CCC(=O)[O-])cc2)cc1. The highest BCUT2D eigenvalue weighted by Crippen LogP contribution is 2.12. The maximum Gasteiger partial charge on any atom is 0.338 e. The van der Waals surface area contributed by atoms with Crippen LogP contribution in [-0.2, 0) is 14.3 Å². The Morgan fingerprint density at radius 1 is 0.889 bits per heavy atom. The van der Waals surface area contributed by atoms with E-state index in [4.69, 9.17) is 4.74 Å². The van der Waals surface area contributed by atoms with Gasteiger partial charge in [0.1, 0.15) is 0 Å². The number of aliphatic carboxylic acids is 1. The summed E-state index contributed by atoms with van der Waals surface area (Å²) in [6, 6.07) is 12.8. The number of anilines is 1. The molecule has 7 heteroatoms. The lowest BCUT2D eigenvalue weighted by Gasteiger charge is -2.07. The lowest BCUT2D eigenvalue weighted by atomic mass is 10.1. The largest absolute Gasteiger partial charge is 0.550 e. The molecule has 2 aromatic carbocycles. The van der Waals surface area contributed by atoms with Gasteiger partial charge in [-0.2, -0.15) is 0 Å². The molecule has 0 fully saturated rings. The monoisotopic (exact) mass is 368 g/mol. The molecule has 140 valence electrons. The van der Waals surface area contributed by atoms with Crippen molar-refractivity contribution < 1.29 is 29.0 Å². The summed E-state index contributed by atoms with van der Waals surface area (Å²) in [5.74, 6) is -2.74. The molecular formula is C20H18NO6-. The number of carboxylic acids is 1. The van der Waals surface area contributed by atoms with Crippen molar-refractivity contribution in [3.8, 4) is 0 Å². The van der Waals surface area contributed by atoms with Crippen molar-refractivity contribution in [3.05, 3.63) is 65.2 Å². The fraction of sp³-hybridized carbons (Fsp3) is 0.200. The molecule has 0 bridgehead atoms. The van der Waals surface area contributed by atoms with Crippen molar-refractivity contribution in [1.29, 1.82) is 0 Å². The van der Waals surface area contributed by atoms with E-state index in [1.54, 1.807) is 24.3 Å². The van der Waals surface area contributed by atoms with Crippen molar-refractivity contribution in [2.45, 2.75) is 19.8 Å². The Labute approximate surface area is 156 Å². The van der Waals surface area contributed by atoms with E-state index in [2.05, 4.69) is 5.32 Å². The van der Waals surface area contributed by atoms with Crippen molar-refractivity contribution >= 4 is 29.3 Å². The van der Waals surface area contributed by atoms with Gasteiger partial charge in [0.25, 0.3) is 0 Å². The van der Waals surface area contributed by atoms with Crippen molar-refractivity contribution in [2.24, 2.45) is 0 Å². The van der Waals surface area contributed by atoms with Gasteiger partial charge in [-0.3, -0.25) is 9.59 Å². The molecule has 0 aliphatic rings. The van der Waals surface area contributed by atoms with E-state index >= 15 is 0 Å². The van der Waals surface area contributed by atoms with Crippen LogP contribution >= 0.6 is 0 Å². The Balaban J connectivity index is 1.86. The number of rotatable bonds is 8. The van der Waals surface area contributed by atoms with E-state index in [0.29, 0.717) is 11.3 Å². The van der Waals surface area contributed by atoms with E-state index in [1.807, 2.05) is 6.92 Å². The highest BCUT2D eigenvalue weighted by molar-refractivity contribution is 5.99. The van der Waals surface area contributed by atoms with Crippen LogP contribution < -0.4 is 10.4 Å². The first-order valence-corrected chi connectivity index (χ1v) is 8.22. The summed E-state index contributed by atoms with van der Waals surface area (Å²) < 4.78 is 5.01. The summed E-state index contributed by atoms with van der Waals surface area (Å²) >= 11 is 0. The molecule has 1 N–H and O–H groups in total. The van der Waals surface area contributed by atoms with E-state index in [9.17, 15) is 24.3 Å². The number of carbonyl (C=O) groups is 4. The van der Waals surface area contributed by atoms with E-state index in [1.165, 1.54) is 24.3 Å². The van der Waals surface area contributed by atoms with E-state index in [-0.39, 0.29) is 30.8 Å². The topological polar surface area (TPSA) is 113 Å². The number of hydrogen-bond acceptors (Lipinski definition) is 6. The average molecular weight is 368 g/mol. The lowest BCUT2D eigenvalue weighted by molar-refractivity contribution is -0.305. The highest BCUT2D eigenvalue weighted by Gasteiger charge is 2.12. The molecule has 0 aliphatic heterocycles. The Morgan fingerprint density at radius 3 is 2.07 bits per heavy atom. The molecule has 7 nitrogen and oxygen atoms in total. The number of esters is 1. The number of Topliss-reactive ketones (excluding diaryl/α,β-unsaturated/α-hetero) is 1. The zero-order valence-corrected chi connectivity index (χ0v) is 14.7. The highest BCUT2D eigenvalue weighted by atomic mass is 16.5. The van der Waals surface area contributed by atoms with Crippen LogP contribution in [0.1, 0.15) is 39.1 Å². The number of hydrogen-bond donors (Lipinski definition) is 1. The van der Waals surface area contributed by atoms with Crippen LogP contribution in [-0.4, -0.2) is 30.2 Å². The third-order valence-electron chi connectivity index (χ3n) is 3.67. The van der Waals surface area contributed by atoms with Crippen molar-refractivity contribution in [3.63, 3.8) is 0 Å². The standard InChI is InChI=1S/C20H19NO6/c1-13-2-4-14(5-3-13)17(22)12-27-20(26)15-6-8-16(9-7-15)21-18(23)10-11-19(24)25/h2-9H,10-12H2,1H3,(H,21,23)(H,24,25)/p-1. The van der Waals surface area contributed by atoms with Crippen LogP contribution in [0.4, 0.5) is 5.69 Å². The Morgan fingerprint density at radius 2 is 1.48 bits per heavy atom. The number of nitrogens with one attached hydrogen (secondary N) is 1. The first kappa shape index (κ1) is 19.8. The van der Waals surface area contributed by atoms with Crippen LogP contribution in [0.2, 0.25) is 0 Å². The Kier molecular flexibility index (Phi) is 6.82. The predicted octanol–water partition coefficient (Wildman–Crippen LogP) is 1.50. The molecular weight excluding hydrogens is 350 g/mol. The number of carbonyl (C=O) groups excluding carboxylic acids is 4. The molecule has 27 heavy (non-hydrogen) atoms. The Hall–Kier alpha value is -3.48. The quantitative estimate of drug-likeness (QED) is 0.558. The molecule has 0 atom stereocenters. The molecule has 1 amide bonds. The van der Waals surface area contributed by atoms with Gasteiger partial charge in [-0.15, -0.1) is 0 Å². The lowest BCUT2D eigenvalue weighted by Crippen LogP contribution is -2.24. The molecule has 0 spiro atoms. The molecule has 0 unspecified atom stereocenters. The zero-order chi connectivity index (χ0) is 19.8. The summed E-state index contributed by atoms with van der Waals surface area (Å²) in [6.45, 7) is 1.54. The summed E-state index contributed by atoms with van der Waals surface area (Å²) in [5, 5.41) is 12.8. The normalized spacial score (nSPS) is 10.1. The molecule has 0 saturated carbocycles. The van der Waals surface area contributed by atoms with E-state index in [0.717, 1.165) is 5.56 Å². The number of benzene rings is 2. The third-order valence-corrected chi connectivity index (χ3v) is 3.67. The number of ketones is 1. The first-order valence-electron chi connectivity index (χ1n) is 8.22. The van der Waals surface area contributed by atoms with Crippen LogP contribution in [0.3, 0.4) is 0 Å². The van der Waals surface area contributed by atoms with Crippen LogP contribution in [0.25, 0.3) is 0 Å². The smallest absolute Gasteiger partial charge is 0.338 e. The van der Waals surface area contributed by atoms with Crippen LogP contribution in [0.5, 0.6) is 0 Å². The van der Waals surface area contributed by atoms with Gasteiger partial charge in [-0.05, 0) is 37.6 Å². The average Bonchev–Trinajstić information content (AvgIpc) is 2.65. The molecule has 0 radical (unpaired) electrons. The number of carboxylic acid groups (broad SMARTS) is 1. The first-order chi connectivity index (χ1) is 12.8. The van der Waals surface area contributed by atoms with Crippen LogP contribution in [0, 0.1) is 6.92 Å². The molecule has 2 rings (SSSR count). The van der Waals surface area contributed by atoms with Gasteiger partial charge in [0.05, 0.1) is 5.56 Å². The molecule has 0 heterocycles. The maximum absolute atomic E-state index is 12.0. The Bertz CT molecular complexity index is 840. The summed E-state index contributed by atoms with van der Waals surface area (Å²) in [5.41, 5.74) is 2.11. The molecule has 2 aromatic rings. The molecule has 0 aromatic heterocycles. The number of ether oxygens (including phenoxy) is 1. The molecule has 0 aliphatic carbocycles. The summed E-state index contributed by atoms with van der Waals surface area (Å²) in [4.78, 5) is 45.9. The third kappa shape index (κ3) is 6.39. The maximum atomic E-state index is 12.0. The molecule has 0 saturated heterocycles. The second kappa shape index (κ2) is 9.28. The fourth-order valence-electron chi connectivity index (χ4n) is 2.17. The zero-order valence-electron chi connectivity index (χ0n) is 14.7. The number of aryl methyl sites for hydroxylation is 1. The predicted molar refractivity (Wildman–Crippen MR) is 95.1 cm³/mol. The minimum Gasteiger partial charge on any atom is -0.550 e. The second-order valence-electron chi connectivity index (χ2n) is 5.86. The van der Waals surface area contributed by atoms with Gasteiger partial charge < -0.3 is 20.0 Å². The fourth-order valence-corrected chi connectivity index (χ4v) is 2.17. The van der Waals surface area contributed by atoms with Gasteiger partial charge in [-0.1, -0.05) is 29.8 Å². The number of amides is 1. The van der Waals surface area contributed by atoms with Gasteiger partial charge >= 0.3 is 5.97 Å². The summed E-state index contributed by atoms with van der Waals surface area (Å²) in [6.07, 6.45) is -0.571. The second-order valence-corrected chi connectivity index (χ2v) is 5.86. The van der Waals surface area contributed by atoms with E-state index < -0.39 is 17.8 Å². The van der Waals surface area contributed by atoms with Crippen molar-refractivity contribution in [1.82, 2.24) is 0 Å². The minimum atomic E-state index is -1.30. The summed E-state index contributed by atoms with van der Waals surface area (Å²) in [7, 11) is 0. The van der Waals surface area contributed by atoms with Gasteiger partial charge in [0.2, 0.25) is 5.91 Å².